The van der Waals surface area contributed by atoms with Crippen LogP contribution >= 0.6 is 11.6 Å². The van der Waals surface area contributed by atoms with Crippen molar-refractivity contribution in [2.75, 3.05) is 18.5 Å². The topological polar surface area (TPSA) is 30.5 Å². The van der Waals surface area contributed by atoms with E-state index in [-0.39, 0.29) is 5.82 Å². The molecule has 22 heavy (non-hydrogen) atoms. The number of anilines is 1. The van der Waals surface area contributed by atoms with Crippen molar-refractivity contribution in [3.8, 4) is 11.5 Å². The predicted molar refractivity (Wildman–Crippen MR) is 87.5 cm³/mol. The molecule has 1 N–H and O–H groups in total. The second-order valence-electron chi connectivity index (χ2n) is 4.62. The highest BCUT2D eigenvalue weighted by atomic mass is 35.5. The zero-order chi connectivity index (χ0) is 15.9. The summed E-state index contributed by atoms with van der Waals surface area (Å²) in [5, 5.41) is 3.80. The zero-order valence-electron chi connectivity index (χ0n) is 12.7. The van der Waals surface area contributed by atoms with Gasteiger partial charge in [0.2, 0.25) is 0 Å². The molecule has 0 aliphatic carbocycles. The molecule has 0 bridgehead atoms. The molecule has 0 radical (unpaired) electrons. The van der Waals surface area contributed by atoms with Crippen LogP contribution in [0.15, 0.2) is 36.4 Å². The first-order valence-corrected chi connectivity index (χ1v) is 7.59. The minimum atomic E-state index is -0.261. The highest BCUT2D eigenvalue weighted by molar-refractivity contribution is 6.31. The van der Waals surface area contributed by atoms with Crippen LogP contribution in [0.2, 0.25) is 5.02 Å². The summed E-state index contributed by atoms with van der Waals surface area (Å²) in [5.74, 6) is 1.05. The van der Waals surface area contributed by atoms with Gasteiger partial charge < -0.3 is 14.8 Å². The van der Waals surface area contributed by atoms with Crippen LogP contribution in [0.4, 0.5) is 10.1 Å². The molecule has 2 aromatic carbocycles. The molecule has 0 aromatic heterocycles. The van der Waals surface area contributed by atoms with Crippen LogP contribution in [0.25, 0.3) is 0 Å². The normalized spacial score (nSPS) is 10.4. The Morgan fingerprint density at radius 2 is 1.59 bits per heavy atom. The van der Waals surface area contributed by atoms with Gasteiger partial charge in [0.15, 0.2) is 11.5 Å². The van der Waals surface area contributed by atoms with Gasteiger partial charge in [-0.1, -0.05) is 11.6 Å². The Morgan fingerprint density at radius 1 is 1.00 bits per heavy atom. The summed E-state index contributed by atoms with van der Waals surface area (Å²) < 4.78 is 24.0. The Labute approximate surface area is 135 Å². The Balaban J connectivity index is 2.15. The summed E-state index contributed by atoms with van der Waals surface area (Å²) in [4.78, 5) is 0. The molecule has 2 rings (SSSR count). The quantitative estimate of drug-likeness (QED) is 0.787. The lowest BCUT2D eigenvalue weighted by molar-refractivity contribution is 0.287. The fourth-order valence-electron chi connectivity index (χ4n) is 2.01. The van der Waals surface area contributed by atoms with E-state index in [1.54, 1.807) is 18.2 Å². The van der Waals surface area contributed by atoms with E-state index in [1.807, 2.05) is 19.9 Å². The van der Waals surface area contributed by atoms with Gasteiger partial charge in [-0.3, -0.25) is 0 Å². The number of rotatable bonds is 7. The first-order valence-electron chi connectivity index (χ1n) is 7.21. The van der Waals surface area contributed by atoms with E-state index in [9.17, 15) is 4.39 Å². The van der Waals surface area contributed by atoms with Gasteiger partial charge in [0, 0.05) is 23.3 Å². The molecular formula is C17H19ClFNO2. The number of hydrogen-bond donors (Lipinski definition) is 1. The standard InChI is InChI=1S/C17H19ClFNO2/c1-3-21-16-9-12(15(18)10-17(16)22-4-2)11-20-14-7-5-13(19)6-8-14/h5-10,20H,3-4,11H2,1-2H3. The molecule has 118 valence electrons. The first-order chi connectivity index (χ1) is 10.6. The molecule has 0 spiro atoms. The highest BCUT2D eigenvalue weighted by Crippen LogP contribution is 2.34. The summed E-state index contributed by atoms with van der Waals surface area (Å²) in [6.45, 7) is 5.43. The average Bonchev–Trinajstić information content (AvgIpc) is 2.50. The van der Waals surface area contributed by atoms with Crippen LogP contribution < -0.4 is 14.8 Å². The molecule has 0 saturated carbocycles. The van der Waals surface area contributed by atoms with Crippen molar-refractivity contribution in [1.29, 1.82) is 0 Å². The van der Waals surface area contributed by atoms with Crippen molar-refractivity contribution in [1.82, 2.24) is 0 Å². The minimum Gasteiger partial charge on any atom is -0.490 e. The number of halogens is 2. The lowest BCUT2D eigenvalue weighted by atomic mass is 10.2. The molecular weight excluding hydrogens is 305 g/mol. The number of hydrogen-bond acceptors (Lipinski definition) is 3. The third-order valence-corrected chi connectivity index (χ3v) is 3.39. The third-order valence-electron chi connectivity index (χ3n) is 3.04. The smallest absolute Gasteiger partial charge is 0.162 e. The molecule has 0 heterocycles. The lowest BCUT2D eigenvalue weighted by Gasteiger charge is -2.15. The van der Waals surface area contributed by atoms with Crippen molar-refractivity contribution in [3.05, 3.63) is 52.8 Å². The SMILES string of the molecule is CCOc1cc(Cl)c(CNc2ccc(F)cc2)cc1OCC. The molecule has 0 atom stereocenters. The fourth-order valence-corrected chi connectivity index (χ4v) is 2.23. The lowest BCUT2D eigenvalue weighted by Crippen LogP contribution is -2.03. The Bertz CT molecular complexity index is 617. The summed E-state index contributed by atoms with van der Waals surface area (Å²) >= 11 is 6.29. The molecule has 3 nitrogen and oxygen atoms in total. The molecule has 0 aliphatic heterocycles. The van der Waals surface area contributed by atoms with Crippen LogP contribution in [-0.2, 0) is 6.54 Å². The number of ether oxygens (including phenoxy) is 2. The Kier molecular flexibility index (Phi) is 5.90. The summed E-state index contributed by atoms with van der Waals surface area (Å²) in [5.41, 5.74) is 1.71. The van der Waals surface area contributed by atoms with Gasteiger partial charge in [0.1, 0.15) is 5.82 Å². The molecule has 0 amide bonds. The second-order valence-corrected chi connectivity index (χ2v) is 5.02. The Morgan fingerprint density at radius 3 is 2.18 bits per heavy atom. The average molecular weight is 324 g/mol. The van der Waals surface area contributed by atoms with Gasteiger partial charge in [0.05, 0.1) is 13.2 Å². The van der Waals surface area contributed by atoms with Gasteiger partial charge in [-0.05, 0) is 49.7 Å². The monoisotopic (exact) mass is 323 g/mol. The van der Waals surface area contributed by atoms with Gasteiger partial charge in [-0.15, -0.1) is 0 Å². The molecule has 0 aliphatic rings. The minimum absolute atomic E-state index is 0.261. The molecule has 2 aromatic rings. The van der Waals surface area contributed by atoms with E-state index in [4.69, 9.17) is 21.1 Å². The third kappa shape index (κ3) is 4.28. The number of benzene rings is 2. The maximum atomic E-state index is 12.9. The van der Waals surface area contributed by atoms with E-state index < -0.39 is 0 Å². The van der Waals surface area contributed by atoms with Crippen LogP contribution in [0.5, 0.6) is 11.5 Å². The van der Waals surface area contributed by atoms with E-state index in [2.05, 4.69) is 5.32 Å². The van der Waals surface area contributed by atoms with Crippen LogP contribution in [-0.4, -0.2) is 13.2 Å². The van der Waals surface area contributed by atoms with Crippen molar-refractivity contribution in [2.45, 2.75) is 20.4 Å². The van der Waals surface area contributed by atoms with Crippen molar-refractivity contribution in [2.24, 2.45) is 0 Å². The molecule has 5 heteroatoms. The van der Waals surface area contributed by atoms with Gasteiger partial charge in [-0.2, -0.15) is 0 Å². The maximum Gasteiger partial charge on any atom is 0.162 e. The molecule has 0 unspecified atom stereocenters. The summed E-state index contributed by atoms with van der Waals surface area (Å²) in [6, 6.07) is 9.81. The van der Waals surface area contributed by atoms with Crippen LogP contribution in [0.3, 0.4) is 0 Å². The van der Waals surface area contributed by atoms with Crippen molar-refractivity contribution >= 4 is 17.3 Å². The first kappa shape index (κ1) is 16.4. The van der Waals surface area contributed by atoms with Gasteiger partial charge >= 0.3 is 0 Å². The van der Waals surface area contributed by atoms with Gasteiger partial charge in [0.25, 0.3) is 0 Å². The predicted octanol–water partition coefficient (Wildman–Crippen LogP) is 4.89. The van der Waals surface area contributed by atoms with E-state index in [1.165, 1.54) is 12.1 Å². The van der Waals surface area contributed by atoms with Gasteiger partial charge in [-0.25, -0.2) is 4.39 Å². The maximum absolute atomic E-state index is 12.9. The summed E-state index contributed by atoms with van der Waals surface area (Å²) in [7, 11) is 0. The van der Waals surface area contributed by atoms with E-state index >= 15 is 0 Å². The van der Waals surface area contributed by atoms with E-state index in [0.29, 0.717) is 36.3 Å². The largest absolute Gasteiger partial charge is 0.490 e. The Hall–Kier alpha value is -1.94. The second kappa shape index (κ2) is 7.90. The van der Waals surface area contributed by atoms with Crippen LogP contribution in [0, 0.1) is 5.82 Å². The fraction of sp³-hybridized carbons (Fsp3) is 0.294. The van der Waals surface area contributed by atoms with Crippen LogP contribution in [0.1, 0.15) is 19.4 Å². The highest BCUT2D eigenvalue weighted by Gasteiger charge is 2.11. The number of nitrogens with one attached hydrogen (secondary N) is 1. The zero-order valence-corrected chi connectivity index (χ0v) is 13.4. The van der Waals surface area contributed by atoms with E-state index in [0.717, 1.165) is 11.3 Å². The molecule has 0 fully saturated rings. The molecule has 0 saturated heterocycles. The van der Waals surface area contributed by atoms with Crippen molar-refractivity contribution < 1.29 is 13.9 Å². The van der Waals surface area contributed by atoms with Crippen molar-refractivity contribution in [3.63, 3.8) is 0 Å². The summed E-state index contributed by atoms with van der Waals surface area (Å²) in [6.07, 6.45) is 0.